The van der Waals surface area contributed by atoms with Crippen LogP contribution >= 0.6 is 27.3 Å². The molecule has 0 unspecified atom stereocenters. The van der Waals surface area contributed by atoms with Crippen molar-refractivity contribution >= 4 is 33.2 Å². The number of hydrogen-bond donors (Lipinski definition) is 1. The van der Waals surface area contributed by atoms with Crippen molar-refractivity contribution in [2.45, 2.75) is 20.0 Å². The van der Waals surface area contributed by atoms with Crippen molar-refractivity contribution in [3.8, 4) is 5.75 Å². The standard InChI is InChI=1S/C17H16BrN3O3S/c1-11-20-16(21-24-11)10-23-13-4-2-12(3-5-13)17(22)19-9-8-14-6-7-15(18)25-14/h2-7H,8-10H2,1H3,(H,19,22). The third kappa shape index (κ3) is 5.14. The van der Waals surface area contributed by atoms with Gasteiger partial charge in [-0.15, -0.1) is 11.3 Å². The smallest absolute Gasteiger partial charge is 0.251 e. The first-order chi connectivity index (χ1) is 12.1. The highest BCUT2D eigenvalue weighted by atomic mass is 79.9. The van der Waals surface area contributed by atoms with Gasteiger partial charge < -0.3 is 14.6 Å². The van der Waals surface area contributed by atoms with Crippen molar-refractivity contribution in [1.29, 1.82) is 0 Å². The highest BCUT2D eigenvalue weighted by Gasteiger charge is 2.07. The van der Waals surface area contributed by atoms with Gasteiger partial charge in [0.25, 0.3) is 5.91 Å². The van der Waals surface area contributed by atoms with E-state index < -0.39 is 0 Å². The second-order valence-corrected chi connectivity index (χ2v) is 7.80. The number of hydrogen-bond acceptors (Lipinski definition) is 6. The lowest BCUT2D eigenvalue weighted by Gasteiger charge is -2.06. The van der Waals surface area contributed by atoms with Crippen molar-refractivity contribution < 1.29 is 14.1 Å². The van der Waals surface area contributed by atoms with Crippen molar-refractivity contribution in [1.82, 2.24) is 15.5 Å². The third-order valence-electron chi connectivity index (χ3n) is 3.34. The van der Waals surface area contributed by atoms with E-state index in [-0.39, 0.29) is 12.5 Å². The molecule has 0 fully saturated rings. The molecule has 8 heteroatoms. The Morgan fingerprint density at radius 1 is 1.28 bits per heavy atom. The molecule has 130 valence electrons. The fourth-order valence-electron chi connectivity index (χ4n) is 2.14. The second kappa shape index (κ2) is 8.26. The van der Waals surface area contributed by atoms with Crippen molar-refractivity contribution in [2.75, 3.05) is 6.54 Å². The predicted octanol–water partition coefficient (Wildman–Crippen LogP) is 3.75. The first-order valence-corrected chi connectivity index (χ1v) is 9.25. The van der Waals surface area contributed by atoms with E-state index in [1.807, 2.05) is 6.07 Å². The van der Waals surface area contributed by atoms with Gasteiger partial charge in [0.05, 0.1) is 3.79 Å². The van der Waals surface area contributed by atoms with Crippen LogP contribution < -0.4 is 10.1 Å². The summed E-state index contributed by atoms with van der Waals surface area (Å²) in [5, 5.41) is 6.68. The lowest BCUT2D eigenvalue weighted by atomic mass is 10.2. The summed E-state index contributed by atoms with van der Waals surface area (Å²) < 4.78 is 11.5. The summed E-state index contributed by atoms with van der Waals surface area (Å²) in [5.41, 5.74) is 0.593. The van der Waals surface area contributed by atoms with Gasteiger partial charge in [-0.3, -0.25) is 4.79 Å². The molecule has 1 N–H and O–H groups in total. The number of nitrogens with one attached hydrogen (secondary N) is 1. The lowest BCUT2D eigenvalue weighted by molar-refractivity contribution is 0.0954. The van der Waals surface area contributed by atoms with Gasteiger partial charge in [-0.25, -0.2) is 0 Å². The van der Waals surface area contributed by atoms with E-state index in [4.69, 9.17) is 9.26 Å². The van der Waals surface area contributed by atoms with Crippen LogP contribution in [-0.4, -0.2) is 22.6 Å². The largest absolute Gasteiger partial charge is 0.485 e. The molecule has 0 spiro atoms. The third-order valence-corrected chi connectivity index (χ3v) is 5.02. The summed E-state index contributed by atoms with van der Waals surface area (Å²) in [6.07, 6.45) is 0.813. The van der Waals surface area contributed by atoms with Gasteiger partial charge in [0, 0.05) is 23.9 Å². The topological polar surface area (TPSA) is 77.2 Å². The van der Waals surface area contributed by atoms with Gasteiger partial charge in [0.1, 0.15) is 5.75 Å². The highest BCUT2D eigenvalue weighted by Crippen LogP contribution is 2.22. The number of nitrogens with zero attached hydrogens (tertiary/aromatic N) is 2. The molecule has 2 heterocycles. The number of benzene rings is 1. The predicted molar refractivity (Wildman–Crippen MR) is 97.9 cm³/mol. The number of ether oxygens (including phenoxy) is 1. The van der Waals surface area contributed by atoms with Crippen LogP contribution in [0.1, 0.15) is 27.0 Å². The molecule has 2 aromatic heterocycles. The number of aromatic nitrogens is 2. The Balaban J connectivity index is 1.46. The molecule has 3 aromatic rings. The average Bonchev–Trinajstić information content (AvgIpc) is 3.21. The van der Waals surface area contributed by atoms with E-state index in [9.17, 15) is 4.79 Å². The van der Waals surface area contributed by atoms with Crippen LogP contribution in [0, 0.1) is 6.92 Å². The number of halogens is 1. The highest BCUT2D eigenvalue weighted by molar-refractivity contribution is 9.11. The molecule has 1 amide bonds. The Morgan fingerprint density at radius 2 is 2.08 bits per heavy atom. The maximum Gasteiger partial charge on any atom is 0.251 e. The van der Waals surface area contributed by atoms with E-state index in [1.165, 1.54) is 4.88 Å². The monoisotopic (exact) mass is 421 g/mol. The Kier molecular flexibility index (Phi) is 5.83. The van der Waals surface area contributed by atoms with Gasteiger partial charge in [0.2, 0.25) is 11.7 Å². The molecular formula is C17H16BrN3O3S. The molecule has 0 saturated carbocycles. The van der Waals surface area contributed by atoms with E-state index >= 15 is 0 Å². The molecule has 0 atom stereocenters. The normalized spacial score (nSPS) is 10.6. The fourth-order valence-corrected chi connectivity index (χ4v) is 3.62. The van der Waals surface area contributed by atoms with Gasteiger partial charge in [-0.2, -0.15) is 4.98 Å². The Morgan fingerprint density at radius 3 is 2.72 bits per heavy atom. The number of thiophene rings is 1. The van der Waals surface area contributed by atoms with E-state index in [2.05, 4.69) is 37.5 Å². The minimum atomic E-state index is -0.101. The number of carbonyl (C=O) groups is 1. The summed E-state index contributed by atoms with van der Waals surface area (Å²) in [7, 11) is 0. The zero-order chi connectivity index (χ0) is 17.6. The summed E-state index contributed by atoms with van der Waals surface area (Å²) in [6, 6.07) is 11.0. The van der Waals surface area contributed by atoms with Crippen LogP contribution in [-0.2, 0) is 13.0 Å². The van der Waals surface area contributed by atoms with Crippen LogP contribution in [0.3, 0.4) is 0 Å². The van der Waals surface area contributed by atoms with E-state index in [0.717, 1.165) is 10.2 Å². The SMILES string of the molecule is Cc1nc(COc2ccc(C(=O)NCCc3ccc(Br)s3)cc2)no1. The molecule has 1 aromatic carbocycles. The number of amides is 1. The summed E-state index contributed by atoms with van der Waals surface area (Å²) in [6.45, 7) is 2.54. The van der Waals surface area contributed by atoms with Crippen LogP contribution in [0.5, 0.6) is 5.75 Å². The van der Waals surface area contributed by atoms with Crippen LogP contribution in [0.15, 0.2) is 44.7 Å². The van der Waals surface area contributed by atoms with Crippen LogP contribution in [0.4, 0.5) is 0 Å². The molecule has 6 nitrogen and oxygen atoms in total. The molecule has 0 aliphatic rings. The summed E-state index contributed by atoms with van der Waals surface area (Å²) in [4.78, 5) is 17.4. The zero-order valence-corrected chi connectivity index (χ0v) is 15.9. The number of rotatable bonds is 7. The summed E-state index contributed by atoms with van der Waals surface area (Å²) in [5.74, 6) is 1.53. The summed E-state index contributed by atoms with van der Waals surface area (Å²) >= 11 is 5.11. The van der Waals surface area contributed by atoms with Crippen molar-refractivity contribution in [3.05, 3.63) is 62.3 Å². The van der Waals surface area contributed by atoms with Gasteiger partial charge >= 0.3 is 0 Å². The molecule has 25 heavy (non-hydrogen) atoms. The molecule has 0 bridgehead atoms. The molecule has 3 rings (SSSR count). The quantitative estimate of drug-likeness (QED) is 0.628. The van der Waals surface area contributed by atoms with Crippen LogP contribution in [0.25, 0.3) is 0 Å². The molecule has 0 aliphatic heterocycles. The first-order valence-electron chi connectivity index (χ1n) is 7.64. The number of aryl methyl sites for hydroxylation is 1. The van der Waals surface area contributed by atoms with Gasteiger partial charge in [-0.1, -0.05) is 5.16 Å². The van der Waals surface area contributed by atoms with E-state index in [0.29, 0.717) is 29.6 Å². The molecular weight excluding hydrogens is 406 g/mol. The van der Waals surface area contributed by atoms with Gasteiger partial charge in [0.15, 0.2) is 6.61 Å². The molecule has 0 aliphatic carbocycles. The second-order valence-electron chi connectivity index (χ2n) is 5.25. The van der Waals surface area contributed by atoms with Crippen LogP contribution in [0.2, 0.25) is 0 Å². The maximum absolute atomic E-state index is 12.1. The van der Waals surface area contributed by atoms with Gasteiger partial charge in [-0.05, 0) is 58.7 Å². The van der Waals surface area contributed by atoms with E-state index in [1.54, 1.807) is 42.5 Å². The first kappa shape index (κ1) is 17.6. The zero-order valence-electron chi connectivity index (χ0n) is 13.5. The fraction of sp³-hybridized carbons (Fsp3) is 0.235. The maximum atomic E-state index is 12.1. The Labute approximate surface area is 157 Å². The van der Waals surface area contributed by atoms with Crippen molar-refractivity contribution in [2.24, 2.45) is 0 Å². The average molecular weight is 422 g/mol. The lowest BCUT2D eigenvalue weighted by Crippen LogP contribution is -2.25. The molecule has 0 radical (unpaired) electrons. The Bertz CT molecular complexity index is 845. The van der Waals surface area contributed by atoms with Crippen molar-refractivity contribution in [3.63, 3.8) is 0 Å². The minimum Gasteiger partial charge on any atom is -0.485 e. The number of carbonyl (C=O) groups excluding carboxylic acids is 1. The minimum absolute atomic E-state index is 0.101. The Hall–Kier alpha value is -2.19. The molecule has 0 saturated heterocycles.